The van der Waals surface area contributed by atoms with E-state index in [2.05, 4.69) is 15.9 Å². The Bertz CT molecular complexity index is 75.5. The number of halogens is 1. The van der Waals surface area contributed by atoms with E-state index in [0.29, 0.717) is 6.61 Å². The summed E-state index contributed by atoms with van der Waals surface area (Å²) in [6.07, 6.45) is 1.64. The zero-order chi connectivity index (χ0) is 7.11. The van der Waals surface area contributed by atoms with E-state index in [9.17, 15) is 4.79 Å². The number of hydrogen-bond donors (Lipinski definition) is 0. The fourth-order valence-electron chi connectivity index (χ4n) is 0.408. The lowest BCUT2D eigenvalue weighted by atomic mass is 10.3. The molecule has 0 radical (unpaired) electrons. The van der Waals surface area contributed by atoms with Gasteiger partial charge < -0.3 is 9.53 Å². The fourth-order valence-corrected chi connectivity index (χ4v) is 0.595. The summed E-state index contributed by atoms with van der Waals surface area (Å²) in [5.74, 6) is 0. The Labute approximate surface area is 63.7 Å². The van der Waals surface area contributed by atoms with Crippen LogP contribution in [0.4, 0.5) is 0 Å². The third kappa shape index (κ3) is 5.99. The molecule has 0 aromatic rings. The first-order chi connectivity index (χ1) is 4.31. The lowest BCUT2D eigenvalue weighted by Gasteiger charge is -2.00. The molecule has 9 heavy (non-hydrogen) atoms. The van der Waals surface area contributed by atoms with Gasteiger partial charge in [-0.1, -0.05) is 15.9 Å². The number of ether oxygens (including phenoxy) is 1. The summed E-state index contributed by atoms with van der Waals surface area (Å²) < 4.78 is 5.02. The fraction of sp³-hybridized carbons (Fsp3) is 0.833. The van der Waals surface area contributed by atoms with Gasteiger partial charge in [0, 0.05) is 13.2 Å². The van der Waals surface area contributed by atoms with Crippen LogP contribution in [-0.4, -0.2) is 24.3 Å². The molecule has 1 atom stereocenters. The molecule has 0 aliphatic rings. The number of alkyl halides is 1. The third-order valence-corrected chi connectivity index (χ3v) is 1.56. The van der Waals surface area contributed by atoms with Gasteiger partial charge in [-0.05, 0) is 13.3 Å². The molecule has 2 nitrogen and oxygen atoms in total. The van der Waals surface area contributed by atoms with Crippen LogP contribution >= 0.6 is 15.9 Å². The average molecular weight is 195 g/mol. The van der Waals surface area contributed by atoms with Crippen molar-refractivity contribution in [3.63, 3.8) is 0 Å². The minimum Gasteiger partial charge on any atom is -0.382 e. The van der Waals surface area contributed by atoms with E-state index in [1.54, 1.807) is 0 Å². The lowest BCUT2D eigenvalue weighted by molar-refractivity contribution is -0.107. The molecular weight excluding hydrogens is 184 g/mol. The predicted octanol–water partition coefficient (Wildman–Crippen LogP) is 1.38. The molecule has 54 valence electrons. The minimum absolute atomic E-state index is 0.0379. The largest absolute Gasteiger partial charge is 0.382 e. The molecule has 0 bridgehead atoms. The number of aldehydes is 1. The second-order valence-corrected chi connectivity index (χ2v) is 2.81. The Morgan fingerprint density at radius 2 is 2.44 bits per heavy atom. The van der Waals surface area contributed by atoms with E-state index < -0.39 is 0 Å². The van der Waals surface area contributed by atoms with Gasteiger partial charge in [0.15, 0.2) is 0 Å². The van der Waals surface area contributed by atoms with Crippen LogP contribution in [0.25, 0.3) is 0 Å². The van der Waals surface area contributed by atoms with Crippen molar-refractivity contribution in [3.8, 4) is 0 Å². The van der Waals surface area contributed by atoms with Crippen molar-refractivity contribution < 1.29 is 9.53 Å². The summed E-state index contributed by atoms with van der Waals surface area (Å²) in [6.45, 7) is 3.31. The predicted molar refractivity (Wildman–Crippen MR) is 39.9 cm³/mol. The number of rotatable bonds is 5. The van der Waals surface area contributed by atoms with Crippen LogP contribution in [-0.2, 0) is 9.53 Å². The van der Waals surface area contributed by atoms with Gasteiger partial charge >= 0.3 is 0 Å². The molecule has 0 N–H and O–H groups in total. The standard InChI is InChI=1S/C6H11BrO2/c1-2-9-4-3-6(7)5-8/h5-6H,2-4H2,1H3. The molecule has 0 saturated heterocycles. The highest BCUT2D eigenvalue weighted by atomic mass is 79.9. The zero-order valence-electron chi connectivity index (χ0n) is 5.47. The number of carbonyl (C=O) groups excluding carboxylic acids is 1. The number of carbonyl (C=O) groups is 1. The molecule has 0 spiro atoms. The molecule has 0 aromatic heterocycles. The Kier molecular flexibility index (Phi) is 6.31. The van der Waals surface area contributed by atoms with E-state index in [-0.39, 0.29) is 4.83 Å². The van der Waals surface area contributed by atoms with E-state index in [1.165, 1.54) is 0 Å². The van der Waals surface area contributed by atoms with Crippen molar-refractivity contribution in [2.45, 2.75) is 18.2 Å². The van der Waals surface area contributed by atoms with E-state index in [4.69, 9.17) is 4.74 Å². The van der Waals surface area contributed by atoms with Gasteiger partial charge in [-0.25, -0.2) is 0 Å². The highest BCUT2D eigenvalue weighted by molar-refractivity contribution is 9.09. The first-order valence-corrected chi connectivity index (χ1v) is 3.90. The summed E-state index contributed by atoms with van der Waals surface area (Å²) >= 11 is 3.16. The first kappa shape index (κ1) is 9.11. The Morgan fingerprint density at radius 1 is 1.78 bits per heavy atom. The van der Waals surface area contributed by atoms with Crippen molar-refractivity contribution >= 4 is 22.2 Å². The highest BCUT2D eigenvalue weighted by Crippen LogP contribution is 2.00. The van der Waals surface area contributed by atoms with Gasteiger partial charge in [0.1, 0.15) is 6.29 Å². The molecule has 1 unspecified atom stereocenters. The highest BCUT2D eigenvalue weighted by Gasteiger charge is 1.98. The topological polar surface area (TPSA) is 26.3 Å². The summed E-state index contributed by atoms with van der Waals surface area (Å²) in [7, 11) is 0. The summed E-state index contributed by atoms with van der Waals surface area (Å²) in [4.78, 5) is 9.96. The van der Waals surface area contributed by atoms with E-state index >= 15 is 0 Å². The van der Waals surface area contributed by atoms with E-state index in [0.717, 1.165) is 19.3 Å². The van der Waals surface area contributed by atoms with Gasteiger partial charge in [0.25, 0.3) is 0 Å². The molecule has 0 aliphatic heterocycles. The quantitative estimate of drug-likeness (QED) is 0.376. The Hall–Kier alpha value is 0.110. The summed E-state index contributed by atoms with van der Waals surface area (Å²) in [5.41, 5.74) is 0. The van der Waals surface area contributed by atoms with Crippen LogP contribution in [0, 0.1) is 0 Å². The third-order valence-electron chi connectivity index (χ3n) is 0.890. The van der Waals surface area contributed by atoms with Crippen LogP contribution < -0.4 is 0 Å². The Morgan fingerprint density at radius 3 is 2.89 bits per heavy atom. The minimum atomic E-state index is -0.0379. The molecule has 0 aromatic carbocycles. The second kappa shape index (κ2) is 6.23. The van der Waals surface area contributed by atoms with Gasteiger partial charge in [0.05, 0.1) is 4.83 Å². The van der Waals surface area contributed by atoms with Crippen LogP contribution in [0.3, 0.4) is 0 Å². The molecule has 0 aliphatic carbocycles. The summed E-state index contributed by atoms with van der Waals surface area (Å²) in [6, 6.07) is 0. The molecule has 0 fully saturated rings. The molecule has 3 heteroatoms. The molecule has 0 heterocycles. The number of hydrogen-bond acceptors (Lipinski definition) is 2. The lowest BCUT2D eigenvalue weighted by Crippen LogP contribution is -2.04. The maximum atomic E-state index is 10.00. The molecule has 0 rings (SSSR count). The molecule has 0 amide bonds. The van der Waals surface area contributed by atoms with Crippen molar-refractivity contribution in [2.75, 3.05) is 13.2 Å². The van der Waals surface area contributed by atoms with Crippen molar-refractivity contribution in [1.29, 1.82) is 0 Å². The van der Waals surface area contributed by atoms with Crippen molar-refractivity contribution in [2.24, 2.45) is 0 Å². The molecule has 0 saturated carbocycles. The second-order valence-electron chi connectivity index (χ2n) is 1.64. The smallest absolute Gasteiger partial charge is 0.133 e. The van der Waals surface area contributed by atoms with Crippen LogP contribution in [0.1, 0.15) is 13.3 Å². The monoisotopic (exact) mass is 194 g/mol. The Balaban J connectivity index is 2.96. The normalized spacial score (nSPS) is 13.1. The SMILES string of the molecule is CCOCCC(Br)C=O. The molecular formula is C6H11BrO2. The maximum Gasteiger partial charge on any atom is 0.133 e. The van der Waals surface area contributed by atoms with Gasteiger partial charge in [-0.2, -0.15) is 0 Å². The van der Waals surface area contributed by atoms with Crippen LogP contribution in [0.5, 0.6) is 0 Å². The van der Waals surface area contributed by atoms with E-state index in [1.807, 2.05) is 6.92 Å². The van der Waals surface area contributed by atoms with Crippen LogP contribution in [0.15, 0.2) is 0 Å². The van der Waals surface area contributed by atoms with Gasteiger partial charge in [0.2, 0.25) is 0 Å². The summed E-state index contributed by atoms with van der Waals surface area (Å²) in [5, 5.41) is 0. The van der Waals surface area contributed by atoms with Gasteiger partial charge in [-0.15, -0.1) is 0 Å². The average Bonchev–Trinajstić information content (AvgIpc) is 1.89. The zero-order valence-corrected chi connectivity index (χ0v) is 7.06. The van der Waals surface area contributed by atoms with Gasteiger partial charge in [-0.3, -0.25) is 0 Å². The first-order valence-electron chi connectivity index (χ1n) is 2.98. The maximum absolute atomic E-state index is 10.00. The van der Waals surface area contributed by atoms with Crippen molar-refractivity contribution in [1.82, 2.24) is 0 Å². The van der Waals surface area contributed by atoms with Crippen molar-refractivity contribution in [3.05, 3.63) is 0 Å². The van der Waals surface area contributed by atoms with Crippen LogP contribution in [0.2, 0.25) is 0 Å².